The zero-order valence-corrected chi connectivity index (χ0v) is 14.0. The molecular weight excluding hydrogens is 332 g/mol. The third-order valence-electron chi connectivity index (χ3n) is 3.82. The molecule has 0 aliphatic heterocycles. The third-order valence-corrected chi connectivity index (χ3v) is 3.82. The standard InChI is InChI=1S/C19H18N4O3/c24-18(25)7-10-23-13-16(12-21-23)19(26)22-17-3-1-14(2-4-17)11-15-5-8-20-9-6-15/h1-6,8-9,12-13H,7,10-11H2,(H,22,26)(H,24,25). The maximum Gasteiger partial charge on any atom is 0.305 e. The quantitative estimate of drug-likeness (QED) is 0.683. The zero-order valence-electron chi connectivity index (χ0n) is 14.0. The van der Waals surface area contributed by atoms with E-state index in [1.807, 2.05) is 36.4 Å². The number of rotatable bonds is 7. The summed E-state index contributed by atoms with van der Waals surface area (Å²) in [7, 11) is 0. The van der Waals surface area contributed by atoms with E-state index in [1.54, 1.807) is 12.4 Å². The molecule has 0 saturated carbocycles. The van der Waals surface area contributed by atoms with E-state index in [4.69, 9.17) is 5.11 Å². The number of pyridine rings is 1. The fraction of sp³-hybridized carbons (Fsp3) is 0.158. The molecule has 132 valence electrons. The fourth-order valence-corrected chi connectivity index (χ4v) is 2.46. The van der Waals surface area contributed by atoms with Gasteiger partial charge in [-0.25, -0.2) is 0 Å². The van der Waals surface area contributed by atoms with Gasteiger partial charge in [0.1, 0.15) is 0 Å². The summed E-state index contributed by atoms with van der Waals surface area (Å²) in [6.07, 6.45) is 7.25. The molecule has 0 unspecified atom stereocenters. The predicted molar refractivity (Wildman–Crippen MR) is 95.9 cm³/mol. The second-order valence-electron chi connectivity index (χ2n) is 5.82. The van der Waals surface area contributed by atoms with Crippen molar-refractivity contribution in [2.75, 3.05) is 5.32 Å². The Balaban J connectivity index is 1.58. The molecule has 0 atom stereocenters. The molecule has 0 saturated heterocycles. The lowest BCUT2D eigenvalue weighted by Crippen LogP contribution is -2.11. The number of nitrogens with one attached hydrogen (secondary N) is 1. The van der Waals surface area contributed by atoms with Crippen molar-refractivity contribution in [1.29, 1.82) is 0 Å². The van der Waals surface area contributed by atoms with E-state index in [9.17, 15) is 9.59 Å². The van der Waals surface area contributed by atoms with Crippen LogP contribution in [0.25, 0.3) is 0 Å². The number of nitrogens with zero attached hydrogens (tertiary/aromatic N) is 3. The molecule has 3 rings (SSSR count). The largest absolute Gasteiger partial charge is 0.481 e. The molecule has 2 N–H and O–H groups in total. The van der Waals surface area contributed by atoms with Gasteiger partial charge in [-0.05, 0) is 41.8 Å². The second kappa shape index (κ2) is 8.06. The first-order chi connectivity index (χ1) is 12.6. The Morgan fingerprint density at radius 2 is 1.73 bits per heavy atom. The Hall–Kier alpha value is -3.48. The van der Waals surface area contributed by atoms with E-state index in [0.717, 1.165) is 12.0 Å². The molecule has 7 heteroatoms. The van der Waals surface area contributed by atoms with E-state index in [1.165, 1.54) is 22.6 Å². The Kier molecular flexibility index (Phi) is 5.38. The molecular formula is C19H18N4O3. The van der Waals surface area contributed by atoms with Gasteiger partial charge in [0.15, 0.2) is 0 Å². The molecule has 0 aliphatic carbocycles. The van der Waals surface area contributed by atoms with Crippen molar-refractivity contribution in [3.63, 3.8) is 0 Å². The molecule has 2 heterocycles. The summed E-state index contributed by atoms with van der Waals surface area (Å²) >= 11 is 0. The van der Waals surface area contributed by atoms with E-state index in [0.29, 0.717) is 11.3 Å². The number of hydrogen-bond acceptors (Lipinski definition) is 4. The predicted octanol–water partition coefficient (Wildman–Crippen LogP) is 2.60. The lowest BCUT2D eigenvalue weighted by molar-refractivity contribution is -0.137. The van der Waals surface area contributed by atoms with Crippen LogP contribution in [0.2, 0.25) is 0 Å². The van der Waals surface area contributed by atoms with Gasteiger partial charge < -0.3 is 10.4 Å². The zero-order chi connectivity index (χ0) is 18.4. The molecule has 0 spiro atoms. The molecule has 7 nitrogen and oxygen atoms in total. The molecule has 1 aromatic carbocycles. The number of aliphatic carboxylic acids is 1. The van der Waals surface area contributed by atoms with Gasteiger partial charge in [0, 0.05) is 24.3 Å². The number of benzene rings is 1. The molecule has 0 fully saturated rings. The van der Waals surface area contributed by atoms with Crippen LogP contribution in [0.1, 0.15) is 27.9 Å². The van der Waals surface area contributed by atoms with Crippen LogP contribution in [0, 0.1) is 0 Å². The highest BCUT2D eigenvalue weighted by molar-refractivity contribution is 6.03. The molecule has 0 bridgehead atoms. The van der Waals surface area contributed by atoms with Gasteiger partial charge in [0.05, 0.1) is 24.7 Å². The summed E-state index contributed by atoms with van der Waals surface area (Å²) < 4.78 is 1.45. The first kappa shape index (κ1) is 17.3. The van der Waals surface area contributed by atoms with Gasteiger partial charge in [0.25, 0.3) is 5.91 Å². The minimum atomic E-state index is -0.904. The van der Waals surface area contributed by atoms with E-state index in [-0.39, 0.29) is 18.9 Å². The number of aromatic nitrogens is 3. The van der Waals surface area contributed by atoms with Gasteiger partial charge >= 0.3 is 5.97 Å². The Bertz CT molecular complexity index is 889. The Labute approximate surface area is 150 Å². The summed E-state index contributed by atoms with van der Waals surface area (Å²) in [6.45, 7) is 0.228. The molecule has 26 heavy (non-hydrogen) atoms. The summed E-state index contributed by atoms with van der Waals surface area (Å²) in [6, 6.07) is 11.6. The Morgan fingerprint density at radius 1 is 1.04 bits per heavy atom. The number of anilines is 1. The SMILES string of the molecule is O=C(O)CCn1cc(C(=O)Nc2ccc(Cc3ccncc3)cc2)cn1. The highest BCUT2D eigenvalue weighted by Gasteiger charge is 2.10. The van der Waals surface area contributed by atoms with Crippen molar-refractivity contribution in [1.82, 2.24) is 14.8 Å². The lowest BCUT2D eigenvalue weighted by Gasteiger charge is -2.06. The smallest absolute Gasteiger partial charge is 0.305 e. The van der Waals surface area contributed by atoms with Crippen LogP contribution in [0.15, 0.2) is 61.2 Å². The van der Waals surface area contributed by atoms with E-state index in [2.05, 4.69) is 15.4 Å². The minimum Gasteiger partial charge on any atom is -0.481 e. The maximum absolute atomic E-state index is 12.3. The van der Waals surface area contributed by atoms with Crippen molar-refractivity contribution in [2.24, 2.45) is 0 Å². The average molecular weight is 350 g/mol. The Morgan fingerprint density at radius 3 is 2.42 bits per heavy atom. The highest BCUT2D eigenvalue weighted by Crippen LogP contribution is 2.14. The van der Waals surface area contributed by atoms with Crippen LogP contribution in [0.4, 0.5) is 5.69 Å². The van der Waals surface area contributed by atoms with Crippen molar-refractivity contribution in [2.45, 2.75) is 19.4 Å². The maximum atomic E-state index is 12.3. The molecule has 0 aliphatic rings. The number of carbonyl (C=O) groups is 2. The molecule has 2 aromatic heterocycles. The summed E-state index contributed by atoms with van der Waals surface area (Å²) in [5.41, 5.74) is 3.38. The first-order valence-corrected chi connectivity index (χ1v) is 8.13. The van der Waals surface area contributed by atoms with E-state index >= 15 is 0 Å². The normalized spacial score (nSPS) is 10.5. The van der Waals surface area contributed by atoms with E-state index < -0.39 is 5.97 Å². The van der Waals surface area contributed by atoms with Gasteiger partial charge in [-0.3, -0.25) is 19.3 Å². The average Bonchev–Trinajstić information content (AvgIpc) is 3.12. The van der Waals surface area contributed by atoms with Gasteiger partial charge in [-0.1, -0.05) is 12.1 Å². The highest BCUT2D eigenvalue weighted by atomic mass is 16.4. The summed E-state index contributed by atoms with van der Waals surface area (Å²) in [5.74, 6) is -1.19. The first-order valence-electron chi connectivity index (χ1n) is 8.13. The van der Waals surface area contributed by atoms with Gasteiger partial charge in [-0.2, -0.15) is 5.10 Å². The van der Waals surface area contributed by atoms with Gasteiger partial charge in [0.2, 0.25) is 0 Å². The number of hydrogen-bond donors (Lipinski definition) is 2. The second-order valence-corrected chi connectivity index (χ2v) is 5.82. The van der Waals surface area contributed by atoms with Crippen LogP contribution in [0.5, 0.6) is 0 Å². The van der Waals surface area contributed by atoms with Crippen LogP contribution >= 0.6 is 0 Å². The van der Waals surface area contributed by atoms with Crippen LogP contribution in [-0.4, -0.2) is 31.7 Å². The van der Waals surface area contributed by atoms with Crippen LogP contribution in [0.3, 0.4) is 0 Å². The fourth-order valence-electron chi connectivity index (χ4n) is 2.46. The molecule has 3 aromatic rings. The van der Waals surface area contributed by atoms with Crippen LogP contribution < -0.4 is 5.32 Å². The minimum absolute atomic E-state index is 0.0400. The van der Waals surface area contributed by atoms with Crippen molar-refractivity contribution < 1.29 is 14.7 Å². The monoisotopic (exact) mass is 350 g/mol. The number of carboxylic acids is 1. The molecule has 0 radical (unpaired) electrons. The molecule has 1 amide bonds. The number of carbonyl (C=O) groups excluding carboxylic acids is 1. The number of amides is 1. The third kappa shape index (κ3) is 4.76. The van der Waals surface area contributed by atoms with Crippen molar-refractivity contribution in [3.05, 3.63) is 77.9 Å². The van der Waals surface area contributed by atoms with Crippen LogP contribution in [-0.2, 0) is 17.8 Å². The number of carboxylic acid groups (broad SMARTS) is 1. The van der Waals surface area contributed by atoms with Crippen molar-refractivity contribution in [3.8, 4) is 0 Å². The number of aryl methyl sites for hydroxylation is 1. The van der Waals surface area contributed by atoms with Gasteiger partial charge in [-0.15, -0.1) is 0 Å². The van der Waals surface area contributed by atoms with Crippen molar-refractivity contribution >= 4 is 17.6 Å². The lowest BCUT2D eigenvalue weighted by atomic mass is 10.1. The topological polar surface area (TPSA) is 97.1 Å². The summed E-state index contributed by atoms with van der Waals surface area (Å²) in [5, 5.41) is 15.5. The summed E-state index contributed by atoms with van der Waals surface area (Å²) in [4.78, 5) is 26.8.